The molecule has 2 aromatic rings. The summed E-state index contributed by atoms with van der Waals surface area (Å²) in [6.07, 6.45) is 1.61. The second-order valence-electron chi connectivity index (χ2n) is 5.85. The van der Waals surface area contributed by atoms with Crippen LogP contribution in [0, 0.1) is 18.3 Å². The van der Waals surface area contributed by atoms with E-state index >= 15 is 0 Å². The number of Topliss-reactive ketones (excluding diaryl/α,β-unsaturated/α-hetero) is 1. The first-order valence-corrected chi connectivity index (χ1v) is 8.76. The van der Waals surface area contributed by atoms with Gasteiger partial charge < -0.3 is 10.0 Å². The molecule has 5 heteroatoms. The molecule has 0 heterocycles. The number of nitrogens with zero attached hydrogens (tertiary/aromatic N) is 2. The number of aliphatic hydroxyl groups is 1. The van der Waals surface area contributed by atoms with Gasteiger partial charge in [0, 0.05) is 29.4 Å². The van der Waals surface area contributed by atoms with Crippen LogP contribution in [-0.2, 0) is 0 Å². The molecule has 134 valence electrons. The van der Waals surface area contributed by atoms with Crippen molar-refractivity contribution in [2.45, 2.75) is 13.8 Å². The average Bonchev–Trinajstić information content (AvgIpc) is 2.65. The fraction of sp³-hybridized carbons (Fsp3) is 0.238. The maximum Gasteiger partial charge on any atom is 0.203 e. The van der Waals surface area contributed by atoms with Crippen LogP contribution in [0.4, 0.5) is 5.69 Å². The fourth-order valence-electron chi connectivity index (χ4n) is 2.67. The number of allylic oxidation sites excluding steroid dienone is 1. The summed E-state index contributed by atoms with van der Waals surface area (Å²) < 4.78 is 0. The molecule has 1 N–H and O–H groups in total. The zero-order chi connectivity index (χ0) is 19.1. The fourth-order valence-corrected chi connectivity index (χ4v) is 2.80. The Kier molecular flexibility index (Phi) is 6.97. The van der Waals surface area contributed by atoms with E-state index in [2.05, 4.69) is 4.90 Å². The Hall–Kier alpha value is -2.61. The first kappa shape index (κ1) is 19.7. The number of benzene rings is 2. The molecule has 0 aliphatic carbocycles. The molecule has 0 aromatic heterocycles. The van der Waals surface area contributed by atoms with E-state index in [4.69, 9.17) is 16.7 Å². The largest absolute Gasteiger partial charge is 0.395 e. The van der Waals surface area contributed by atoms with Crippen LogP contribution < -0.4 is 4.90 Å². The summed E-state index contributed by atoms with van der Waals surface area (Å²) in [7, 11) is 0. The number of aliphatic hydroxyl groups excluding tert-OH is 1. The molecule has 0 aliphatic rings. The lowest BCUT2D eigenvalue weighted by atomic mass is 9.99. The van der Waals surface area contributed by atoms with Crippen LogP contribution >= 0.6 is 11.6 Å². The van der Waals surface area contributed by atoms with Crippen molar-refractivity contribution in [2.75, 3.05) is 24.6 Å². The number of nitriles is 1. The van der Waals surface area contributed by atoms with Gasteiger partial charge in [0.1, 0.15) is 11.6 Å². The van der Waals surface area contributed by atoms with Crippen molar-refractivity contribution >= 4 is 29.1 Å². The summed E-state index contributed by atoms with van der Waals surface area (Å²) >= 11 is 5.84. The van der Waals surface area contributed by atoms with Gasteiger partial charge in [-0.1, -0.05) is 17.7 Å². The molecule has 0 spiro atoms. The number of anilines is 1. The number of hydrogen-bond donors (Lipinski definition) is 1. The Morgan fingerprint density at radius 3 is 2.50 bits per heavy atom. The summed E-state index contributed by atoms with van der Waals surface area (Å²) in [5.74, 6) is -0.330. The van der Waals surface area contributed by atoms with Crippen molar-refractivity contribution in [3.63, 3.8) is 0 Å². The number of rotatable bonds is 7. The predicted octanol–water partition coefficient (Wildman–Crippen LogP) is 4.26. The Morgan fingerprint density at radius 2 is 1.96 bits per heavy atom. The van der Waals surface area contributed by atoms with E-state index in [0.717, 1.165) is 23.4 Å². The third-order valence-electron chi connectivity index (χ3n) is 4.14. The monoisotopic (exact) mass is 368 g/mol. The van der Waals surface area contributed by atoms with Gasteiger partial charge in [-0.15, -0.1) is 0 Å². The second-order valence-corrected chi connectivity index (χ2v) is 6.29. The number of aryl methyl sites for hydroxylation is 1. The van der Waals surface area contributed by atoms with Gasteiger partial charge in [0.25, 0.3) is 0 Å². The van der Waals surface area contributed by atoms with Gasteiger partial charge in [-0.2, -0.15) is 5.26 Å². The molecular formula is C21H21ClN2O2. The zero-order valence-electron chi connectivity index (χ0n) is 14.9. The molecule has 2 rings (SSSR count). The van der Waals surface area contributed by atoms with Gasteiger partial charge >= 0.3 is 0 Å². The molecule has 0 saturated heterocycles. The van der Waals surface area contributed by atoms with E-state index < -0.39 is 0 Å². The first-order chi connectivity index (χ1) is 12.5. The summed E-state index contributed by atoms with van der Waals surface area (Å²) in [6, 6.07) is 14.3. The summed E-state index contributed by atoms with van der Waals surface area (Å²) in [5, 5.41) is 19.1. The molecular weight excluding hydrogens is 348 g/mol. The van der Waals surface area contributed by atoms with Gasteiger partial charge in [-0.3, -0.25) is 4.79 Å². The van der Waals surface area contributed by atoms with Gasteiger partial charge in [-0.05, 0) is 67.4 Å². The van der Waals surface area contributed by atoms with E-state index in [1.807, 2.05) is 38.1 Å². The zero-order valence-corrected chi connectivity index (χ0v) is 15.6. The molecule has 0 atom stereocenters. The van der Waals surface area contributed by atoms with Crippen molar-refractivity contribution in [3.05, 3.63) is 69.8 Å². The van der Waals surface area contributed by atoms with Crippen molar-refractivity contribution in [1.82, 2.24) is 0 Å². The lowest BCUT2D eigenvalue weighted by Crippen LogP contribution is -2.26. The highest BCUT2D eigenvalue weighted by atomic mass is 35.5. The minimum absolute atomic E-state index is 0.0749. The molecule has 4 nitrogen and oxygen atoms in total. The average molecular weight is 369 g/mol. The first-order valence-electron chi connectivity index (χ1n) is 8.38. The van der Waals surface area contributed by atoms with Gasteiger partial charge in [0.15, 0.2) is 0 Å². The van der Waals surface area contributed by atoms with Crippen LogP contribution in [0.25, 0.3) is 6.08 Å². The van der Waals surface area contributed by atoms with Crippen LogP contribution in [0.15, 0.2) is 48.0 Å². The van der Waals surface area contributed by atoms with E-state index in [-0.39, 0.29) is 18.0 Å². The predicted molar refractivity (Wildman–Crippen MR) is 106 cm³/mol. The Labute approximate surface area is 158 Å². The Balaban J connectivity index is 2.32. The Bertz CT molecular complexity index is 851. The van der Waals surface area contributed by atoms with Crippen molar-refractivity contribution < 1.29 is 9.90 Å². The van der Waals surface area contributed by atoms with Crippen LogP contribution in [0.1, 0.15) is 28.4 Å². The molecule has 0 amide bonds. The number of halogens is 1. The molecule has 26 heavy (non-hydrogen) atoms. The molecule has 0 unspecified atom stereocenters. The van der Waals surface area contributed by atoms with Crippen molar-refractivity contribution in [2.24, 2.45) is 0 Å². The molecule has 0 aliphatic heterocycles. The smallest absolute Gasteiger partial charge is 0.203 e. The number of ketones is 1. The molecule has 0 radical (unpaired) electrons. The molecule has 0 saturated carbocycles. The van der Waals surface area contributed by atoms with E-state index in [1.165, 1.54) is 0 Å². The highest BCUT2D eigenvalue weighted by Gasteiger charge is 2.13. The summed E-state index contributed by atoms with van der Waals surface area (Å²) in [5.41, 5.74) is 3.27. The van der Waals surface area contributed by atoms with Gasteiger partial charge in [0.2, 0.25) is 5.78 Å². The number of carbonyl (C=O) groups is 1. The number of hydrogen-bond acceptors (Lipinski definition) is 4. The minimum atomic E-state index is -0.330. The summed E-state index contributed by atoms with van der Waals surface area (Å²) in [6.45, 7) is 5.39. The van der Waals surface area contributed by atoms with Crippen LogP contribution in [-0.4, -0.2) is 30.6 Å². The number of carbonyl (C=O) groups excluding carboxylic acids is 1. The molecule has 0 bridgehead atoms. The van der Waals surface area contributed by atoms with Crippen LogP contribution in [0.5, 0.6) is 0 Å². The lowest BCUT2D eigenvalue weighted by molar-refractivity contribution is 0.104. The maximum atomic E-state index is 12.5. The molecule has 2 aromatic carbocycles. The highest BCUT2D eigenvalue weighted by molar-refractivity contribution is 6.30. The van der Waals surface area contributed by atoms with Crippen LogP contribution in [0.2, 0.25) is 5.02 Å². The Morgan fingerprint density at radius 1 is 1.27 bits per heavy atom. The third kappa shape index (κ3) is 4.72. The second kappa shape index (κ2) is 9.19. The van der Waals surface area contributed by atoms with E-state index in [9.17, 15) is 10.1 Å². The van der Waals surface area contributed by atoms with Crippen LogP contribution in [0.3, 0.4) is 0 Å². The van der Waals surface area contributed by atoms with E-state index in [0.29, 0.717) is 17.1 Å². The van der Waals surface area contributed by atoms with Gasteiger partial charge in [0.05, 0.1) is 6.61 Å². The number of likely N-dealkylation sites (N-methyl/N-ethyl adjacent to an activating group) is 1. The quantitative estimate of drug-likeness (QED) is 0.450. The highest BCUT2D eigenvalue weighted by Crippen LogP contribution is 2.22. The maximum absolute atomic E-state index is 12.5. The van der Waals surface area contributed by atoms with Crippen molar-refractivity contribution in [1.29, 1.82) is 5.26 Å². The summed E-state index contributed by atoms with van der Waals surface area (Å²) in [4.78, 5) is 14.6. The SMILES string of the molecule is CCN(CCO)c1ccc(/C=C(\C#N)C(=O)c2ccc(Cl)cc2)c(C)c1. The van der Waals surface area contributed by atoms with Crippen molar-refractivity contribution in [3.8, 4) is 6.07 Å². The topological polar surface area (TPSA) is 64.3 Å². The van der Waals surface area contributed by atoms with Gasteiger partial charge in [-0.25, -0.2) is 0 Å². The normalized spacial score (nSPS) is 11.1. The standard InChI is InChI=1S/C21H21ClN2O2/c1-3-24(10-11-25)20-9-6-17(15(2)12-20)13-18(14-23)21(26)16-4-7-19(22)8-5-16/h4-9,12-13,25H,3,10-11H2,1-2H3/b18-13+. The minimum Gasteiger partial charge on any atom is -0.395 e. The third-order valence-corrected chi connectivity index (χ3v) is 4.39. The molecule has 0 fully saturated rings. The van der Waals surface area contributed by atoms with E-state index in [1.54, 1.807) is 30.3 Å². The lowest BCUT2D eigenvalue weighted by Gasteiger charge is -2.22.